The largest absolute Gasteiger partial charge is 0.390 e. The number of anilines is 2. The van der Waals surface area contributed by atoms with Gasteiger partial charge in [-0.3, -0.25) is 0 Å². The van der Waals surface area contributed by atoms with Gasteiger partial charge in [0.25, 0.3) is 0 Å². The van der Waals surface area contributed by atoms with Crippen LogP contribution in [0.3, 0.4) is 0 Å². The number of hydrogen-bond donors (Lipinski definition) is 2. The molecule has 0 radical (unpaired) electrons. The van der Waals surface area contributed by atoms with Crippen molar-refractivity contribution < 1.29 is 14.2 Å². The molecule has 6 heteroatoms. The molecule has 0 aromatic heterocycles. The molecular formula is C13H18ClFN2O2. The molecule has 19 heavy (non-hydrogen) atoms. The van der Waals surface area contributed by atoms with Crippen LogP contribution in [0, 0.1) is 5.82 Å². The number of nitrogens with zero attached hydrogens (tertiary/aromatic N) is 1. The molecule has 2 N–H and O–H groups in total. The van der Waals surface area contributed by atoms with Gasteiger partial charge in [-0.2, -0.15) is 0 Å². The van der Waals surface area contributed by atoms with Crippen molar-refractivity contribution in [2.45, 2.75) is 6.10 Å². The molecule has 1 heterocycles. The van der Waals surface area contributed by atoms with Crippen LogP contribution in [-0.4, -0.2) is 49.9 Å². The average molecular weight is 289 g/mol. The van der Waals surface area contributed by atoms with E-state index >= 15 is 0 Å². The molecule has 0 spiro atoms. The fraction of sp³-hybridized carbons (Fsp3) is 0.538. The van der Waals surface area contributed by atoms with E-state index in [9.17, 15) is 9.50 Å². The van der Waals surface area contributed by atoms with E-state index in [1.807, 2.05) is 6.07 Å². The third kappa shape index (κ3) is 3.72. The van der Waals surface area contributed by atoms with E-state index in [1.54, 1.807) is 6.07 Å². The van der Waals surface area contributed by atoms with Gasteiger partial charge in [0, 0.05) is 19.6 Å². The first-order chi connectivity index (χ1) is 9.22. The van der Waals surface area contributed by atoms with Gasteiger partial charge in [-0.05, 0) is 12.1 Å². The zero-order valence-electron chi connectivity index (χ0n) is 10.6. The zero-order valence-corrected chi connectivity index (χ0v) is 11.4. The van der Waals surface area contributed by atoms with Gasteiger partial charge in [0.2, 0.25) is 0 Å². The summed E-state index contributed by atoms with van der Waals surface area (Å²) < 4.78 is 19.2. The molecule has 106 valence electrons. The van der Waals surface area contributed by atoms with Gasteiger partial charge in [-0.1, -0.05) is 6.07 Å². The Bertz CT molecular complexity index is 414. The SMILES string of the molecule is OC(CCl)CNc1c(F)cccc1N1CCOCC1. The summed E-state index contributed by atoms with van der Waals surface area (Å²) in [5.41, 5.74) is 1.21. The minimum atomic E-state index is -0.696. The monoisotopic (exact) mass is 288 g/mol. The quantitative estimate of drug-likeness (QED) is 0.809. The highest BCUT2D eigenvalue weighted by atomic mass is 35.5. The van der Waals surface area contributed by atoms with Crippen molar-refractivity contribution in [3.05, 3.63) is 24.0 Å². The maximum Gasteiger partial charge on any atom is 0.148 e. The third-order valence-corrected chi connectivity index (χ3v) is 3.39. The van der Waals surface area contributed by atoms with Gasteiger partial charge in [0.1, 0.15) is 5.82 Å². The van der Waals surface area contributed by atoms with Gasteiger partial charge >= 0.3 is 0 Å². The number of nitrogens with one attached hydrogen (secondary N) is 1. The molecule has 1 saturated heterocycles. The number of rotatable bonds is 5. The van der Waals surface area contributed by atoms with Gasteiger partial charge in [-0.25, -0.2) is 4.39 Å². The molecule has 1 aromatic carbocycles. The Balaban J connectivity index is 2.15. The lowest BCUT2D eigenvalue weighted by Gasteiger charge is -2.31. The minimum absolute atomic E-state index is 0.119. The number of aliphatic hydroxyl groups is 1. The molecule has 1 aliphatic heterocycles. The van der Waals surface area contributed by atoms with Gasteiger partial charge in [0.15, 0.2) is 0 Å². The lowest BCUT2D eigenvalue weighted by molar-refractivity contribution is 0.122. The fourth-order valence-electron chi connectivity index (χ4n) is 2.03. The number of ether oxygens (including phenoxy) is 1. The summed E-state index contributed by atoms with van der Waals surface area (Å²) >= 11 is 5.54. The molecule has 1 fully saturated rings. The standard InChI is InChI=1S/C13H18ClFN2O2/c14-8-10(18)9-16-13-11(15)2-1-3-12(13)17-4-6-19-7-5-17/h1-3,10,16,18H,4-9H2. The summed E-state index contributed by atoms with van der Waals surface area (Å²) in [4.78, 5) is 2.07. The number of alkyl halides is 1. The van der Waals surface area contributed by atoms with E-state index in [-0.39, 0.29) is 18.2 Å². The Morgan fingerprint density at radius 3 is 2.84 bits per heavy atom. The van der Waals surface area contributed by atoms with Crippen LogP contribution >= 0.6 is 11.6 Å². The van der Waals surface area contributed by atoms with Crippen LogP contribution in [0.4, 0.5) is 15.8 Å². The second-order valence-corrected chi connectivity index (χ2v) is 4.73. The Kier molecular flexibility index (Phi) is 5.24. The second kappa shape index (κ2) is 6.93. The lowest BCUT2D eigenvalue weighted by Crippen LogP contribution is -2.37. The van der Waals surface area contributed by atoms with E-state index in [2.05, 4.69) is 10.2 Å². The second-order valence-electron chi connectivity index (χ2n) is 4.42. The van der Waals surface area contributed by atoms with Crippen molar-refractivity contribution in [2.75, 3.05) is 48.9 Å². The normalized spacial score (nSPS) is 17.3. The minimum Gasteiger partial charge on any atom is -0.390 e. The van der Waals surface area contributed by atoms with E-state index in [4.69, 9.17) is 16.3 Å². The van der Waals surface area contributed by atoms with Crippen molar-refractivity contribution in [1.29, 1.82) is 0 Å². The number of aliphatic hydroxyl groups excluding tert-OH is 1. The third-order valence-electron chi connectivity index (χ3n) is 3.04. The van der Waals surface area contributed by atoms with Crippen molar-refractivity contribution in [3.63, 3.8) is 0 Å². The van der Waals surface area contributed by atoms with Crippen LogP contribution in [0.2, 0.25) is 0 Å². The molecule has 1 atom stereocenters. The molecule has 0 amide bonds. The first-order valence-corrected chi connectivity index (χ1v) is 6.85. The first kappa shape index (κ1) is 14.4. The summed E-state index contributed by atoms with van der Waals surface area (Å²) in [6.07, 6.45) is -0.696. The number of halogens is 2. The summed E-state index contributed by atoms with van der Waals surface area (Å²) in [7, 11) is 0. The molecule has 0 aliphatic carbocycles. The van der Waals surface area contributed by atoms with Crippen LogP contribution in [-0.2, 0) is 4.74 Å². The van der Waals surface area contributed by atoms with Crippen molar-refractivity contribution in [2.24, 2.45) is 0 Å². The molecule has 0 saturated carbocycles. The number of benzene rings is 1. The molecule has 4 nitrogen and oxygen atoms in total. The maximum absolute atomic E-state index is 13.9. The highest BCUT2D eigenvalue weighted by Crippen LogP contribution is 2.29. The van der Waals surface area contributed by atoms with Crippen LogP contribution in [0.15, 0.2) is 18.2 Å². The van der Waals surface area contributed by atoms with Crippen LogP contribution in [0.5, 0.6) is 0 Å². The van der Waals surface area contributed by atoms with Crippen molar-refractivity contribution in [3.8, 4) is 0 Å². The predicted molar refractivity (Wildman–Crippen MR) is 74.6 cm³/mol. The molecule has 1 aromatic rings. The molecular weight excluding hydrogens is 271 g/mol. The Labute approximate surface area is 117 Å². The highest BCUT2D eigenvalue weighted by molar-refractivity contribution is 6.18. The van der Waals surface area contributed by atoms with E-state index in [1.165, 1.54) is 6.07 Å². The molecule has 0 bridgehead atoms. The van der Waals surface area contributed by atoms with Crippen LogP contribution in [0.1, 0.15) is 0 Å². The summed E-state index contributed by atoms with van der Waals surface area (Å²) in [6, 6.07) is 4.95. The number of morpholine rings is 1. The summed E-state index contributed by atoms with van der Waals surface area (Å²) in [5, 5.41) is 12.4. The van der Waals surface area contributed by atoms with E-state index in [0.717, 1.165) is 18.8 Å². The first-order valence-electron chi connectivity index (χ1n) is 6.31. The number of hydrogen-bond acceptors (Lipinski definition) is 4. The van der Waals surface area contributed by atoms with Crippen molar-refractivity contribution >= 4 is 23.0 Å². The fourth-order valence-corrected chi connectivity index (χ4v) is 2.14. The summed E-state index contributed by atoms with van der Waals surface area (Å²) in [5.74, 6) is -0.209. The zero-order chi connectivity index (χ0) is 13.7. The smallest absolute Gasteiger partial charge is 0.148 e. The van der Waals surface area contributed by atoms with E-state index < -0.39 is 6.10 Å². The molecule has 1 unspecified atom stereocenters. The predicted octanol–water partition coefficient (Wildman–Crippen LogP) is 1.67. The topological polar surface area (TPSA) is 44.7 Å². The Morgan fingerprint density at radius 1 is 1.42 bits per heavy atom. The number of para-hydroxylation sites is 1. The maximum atomic E-state index is 13.9. The van der Waals surface area contributed by atoms with Crippen LogP contribution in [0.25, 0.3) is 0 Å². The summed E-state index contributed by atoms with van der Waals surface area (Å²) in [6.45, 7) is 2.97. The Morgan fingerprint density at radius 2 is 2.16 bits per heavy atom. The molecule has 1 aliphatic rings. The van der Waals surface area contributed by atoms with Crippen molar-refractivity contribution in [1.82, 2.24) is 0 Å². The molecule has 2 rings (SSSR count). The lowest BCUT2D eigenvalue weighted by atomic mass is 10.2. The van der Waals surface area contributed by atoms with E-state index in [0.29, 0.717) is 18.9 Å². The van der Waals surface area contributed by atoms with Gasteiger partial charge < -0.3 is 20.1 Å². The van der Waals surface area contributed by atoms with Gasteiger partial charge in [0.05, 0.1) is 36.6 Å². The van der Waals surface area contributed by atoms with Gasteiger partial charge in [-0.15, -0.1) is 11.6 Å². The van der Waals surface area contributed by atoms with Crippen LogP contribution < -0.4 is 10.2 Å². The highest BCUT2D eigenvalue weighted by Gasteiger charge is 2.17. The Hall–Kier alpha value is -1.04. The average Bonchev–Trinajstić information content (AvgIpc) is 2.46.